The number of carbonyl (C=O) groups excluding carboxylic acids is 1. The van der Waals surface area contributed by atoms with E-state index in [0.29, 0.717) is 5.92 Å². The zero-order valence-corrected chi connectivity index (χ0v) is 8.82. The first-order valence-electron chi connectivity index (χ1n) is 5.17. The van der Waals surface area contributed by atoms with Crippen molar-refractivity contribution < 1.29 is 14.6 Å². The van der Waals surface area contributed by atoms with Crippen LogP contribution in [0.4, 0.5) is 0 Å². The minimum atomic E-state index is -0.225. The number of esters is 1. The summed E-state index contributed by atoms with van der Waals surface area (Å²) in [6.45, 7) is 2.05. The van der Waals surface area contributed by atoms with Gasteiger partial charge in [0.2, 0.25) is 0 Å². The van der Waals surface area contributed by atoms with Gasteiger partial charge < -0.3 is 9.84 Å². The number of hydrogen-bond acceptors (Lipinski definition) is 4. The van der Waals surface area contributed by atoms with Crippen LogP contribution in [0.5, 0.6) is 0 Å². The summed E-state index contributed by atoms with van der Waals surface area (Å²) < 4.78 is 4.72. The van der Waals surface area contributed by atoms with Crippen molar-refractivity contribution in [3.05, 3.63) is 0 Å². The van der Waals surface area contributed by atoms with Gasteiger partial charge in [-0.1, -0.05) is 6.92 Å². The first-order valence-corrected chi connectivity index (χ1v) is 5.17. The molecule has 1 aliphatic rings. The second-order valence-electron chi connectivity index (χ2n) is 3.79. The summed E-state index contributed by atoms with van der Waals surface area (Å²) in [6, 6.07) is -0.225. The highest BCUT2D eigenvalue weighted by molar-refractivity contribution is 5.76. The fraction of sp³-hybridized carbons (Fsp3) is 0.900. The number of carbonyl (C=O) groups is 1. The van der Waals surface area contributed by atoms with Gasteiger partial charge in [0, 0.05) is 6.04 Å². The van der Waals surface area contributed by atoms with Gasteiger partial charge in [-0.3, -0.25) is 10.1 Å². The lowest BCUT2D eigenvalue weighted by atomic mass is 10.1. The molecule has 0 aliphatic heterocycles. The molecule has 0 bridgehead atoms. The summed E-state index contributed by atoms with van der Waals surface area (Å²) in [4.78, 5) is 11.4. The second kappa shape index (κ2) is 5.32. The number of rotatable bonds is 6. The van der Waals surface area contributed by atoms with E-state index in [1.165, 1.54) is 7.11 Å². The summed E-state index contributed by atoms with van der Waals surface area (Å²) in [5, 5.41) is 12.2. The van der Waals surface area contributed by atoms with E-state index in [9.17, 15) is 4.79 Å². The Labute approximate surface area is 84.6 Å². The van der Waals surface area contributed by atoms with Gasteiger partial charge in [0.15, 0.2) is 0 Å². The number of methoxy groups -OCH3 is 1. The number of ether oxygens (including phenoxy) is 1. The fourth-order valence-corrected chi connectivity index (χ4v) is 1.51. The normalized spacial score (nSPS) is 20.2. The lowest BCUT2D eigenvalue weighted by molar-refractivity contribution is -0.144. The van der Waals surface area contributed by atoms with Crippen molar-refractivity contribution in [3.63, 3.8) is 0 Å². The van der Waals surface area contributed by atoms with Crippen LogP contribution in [-0.2, 0) is 9.53 Å². The van der Waals surface area contributed by atoms with Crippen molar-refractivity contribution in [3.8, 4) is 0 Å². The summed E-state index contributed by atoms with van der Waals surface area (Å²) >= 11 is 0. The Morgan fingerprint density at radius 2 is 2.29 bits per heavy atom. The molecule has 4 nitrogen and oxygen atoms in total. The van der Waals surface area contributed by atoms with Crippen molar-refractivity contribution in [2.75, 3.05) is 13.7 Å². The monoisotopic (exact) mass is 201 g/mol. The van der Waals surface area contributed by atoms with Crippen LogP contribution in [0.25, 0.3) is 0 Å². The first kappa shape index (κ1) is 11.5. The lowest BCUT2D eigenvalue weighted by Gasteiger charge is -2.21. The molecule has 0 radical (unpaired) electrons. The van der Waals surface area contributed by atoms with Gasteiger partial charge in [-0.05, 0) is 25.2 Å². The maximum atomic E-state index is 11.4. The minimum Gasteiger partial charge on any atom is -0.468 e. The molecule has 0 spiro atoms. The molecule has 2 unspecified atom stereocenters. The molecular weight excluding hydrogens is 182 g/mol. The molecule has 0 aromatic heterocycles. The van der Waals surface area contributed by atoms with Gasteiger partial charge in [-0.25, -0.2) is 0 Å². The molecule has 4 heteroatoms. The largest absolute Gasteiger partial charge is 0.468 e. The topological polar surface area (TPSA) is 58.6 Å². The quantitative estimate of drug-likeness (QED) is 0.607. The van der Waals surface area contributed by atoms with Crippen LogP contribution in [0.15, 0.2) is 0 Å². The van der Waals surface area contributed by atoms with Crippen LogP contribution < -0.4 is 5.32 Å². The average Bonchev–Trinajstić information content (AvgIpc) is 3.02. The smallest absolute Gasteiger partial charge is 0.323 e. The average molecular weight is 201 g/mol. The zero-order chi connectivity index (χ0) is 10.6. The highest BCUT2D eigenvalue weighted by Crippen LogP contribution is 2.33. The predicted molar refractivity (Wildman–Crippen MR) is 52.8 cm³/mol. The van der Waals surface area contributed by atoms with Crippen LogP contribution in [0.2, 0.25) is 0 Å². The van der Waals surface area contributed by atoms with Gasteiger partial charge in [0.1, 0.15) is 6.04 Å². The van der Waals surface area contributed by atoms with Crippen LogP contribution in [0.1, 0.15) is 26.2 Å². The van der Waals surface area contributed by atoms with Crippen molar-refractivity contribution >= 4 is 5.97 Å². The Morgan fingerprint density at radius 1 is 1.64 bits per heavy atom. The van der Waals surface area contributed by atoms with Crippen LogP contribution in [-0.4, -0.2) is 36.9 Å². The Balaban J connectivity index is 2.45. The van der Waals surface area contributed by atoms with E-state index in [-0.39, 0.29) is 24.7 Å². The van der Waals surface area contributed by atoms with E-state index < -0.39 is 0 Å². The molecule has 14 heavy (non-hydrogen) atoms. The Kier molecular flexibility index (Phi) is 4.35. The molecule has 1 fully saturated rings. The molecule has 0 amide bonds. The number of aliphatic hydroxyl groups excluding tert-OH is 1. The van der Waals surface area contributed by atoms with E-state index >= 15 is 0 Å². The molecular formula is C10H19NO3. The molecule has 0 aromatic carbocycles. The molecule has 1 saturated carbocycles. The van der Waals surface area contributed by atoms with Gasteiger partial charge in [-0.15, -0.1) is 0 Å². The third-order valence-corrected chi connectivity index (χ3v) is 2.68. The van der Waals surface area contributed by atoms with E-state index in [0.717, 1.165) is 19.3 Å². The third kappa shape index (κ3) is 2.96. The van der Waals surface area contributed by atoms with Crippen molar-refractivity contribution in [1.82, 2.24) is 5.32 Å². The van der Waals surface area contributed by atoms with E-state index in [1.54, 1.807) is 0 Å². The highest BCUT2D eigenvalue weighted by Gasteiger charge is 2.37. The van der Waals surface area contributed by atoms with E-state index in [1.807, 2.05) is 6.92 Å². The molecule has 0 saturated heterocycles. The molecule has 0 aromatic rings. The Hall–Kier alpha value is -0.610. The number of hydrogen-bond donors (Lipinski definition) is 2. The molecule has 0 heterocycles. The van der Waals surface area contributed by atoms with Gasteiger partial charge in [0.25, 0.3) is 0 Å². The summed E-state index contributed by atoms with van der Waals surface area (Å²) in [7, 11) is 1.40. The number of nitrogens with one attached hydrogen (secondary N) is 1. The Morgan fingerprint density at radius 3 is 2.64 bits per heavy atom. The van der Waals surface area contributed by atoms with Crippen molar-refractivity contribution in [1.29, 1.82) is 0 Å². The van der Waals surface area contributed by atoms with Gasteiger partial charge in [-0.2, -0.15) is 0 Å². The van der Waals surface area contributed by atoms with Gasteiger partial charge in [0.05, 0.1) is 13.7 Å². The predicted octanol–water partition coefficient (Wildman–Crippen LogP) is 0.298. The van der Waals surface area contributed by atoms with Crippen LogP contribution >= 0.6 is 0 Å². The molecule has 1 rings (SSSR count). The van der Waals surface area contributed by atoms with Gasteiger partial charge >= 0.3 is 5.97 Å². The maximum absolute atomic E-state index is 11.4. The van der Waals surface area contributed by atoms with Crippen LogP contribution in [0, 0.1) is 5.92 Å². The highest BCUT2D eigenvalue weighted by atomic mass is 16.5. The summed E-state index contributed by atoms with van der Waals surface area (Å²) in [5.74, 6) is 0.197. The molecule has 2 atom stereocenters. The number of aliphatic hydroxyl groups is 1. The Bertz CT molecular complexity index is 188. The second-order valence-corrected chi connectivity index (χ2v) is 3.79. The standard InChI is InChI=1S/C10H19NO3/c1-3-8(6-12)11-9(7-4-5-7)10(13)14-2/h7-9,11-12H,3-6H2,1-2H3. The lowest BCUT2D eigenvalue weighted by Crippen LogP contribution is -2.46. The van der Waals surface area contributed by atoms with Crippen LogP contribution in [0.3, 0.4) is 0 Å². The van der Waals surface area contributed by atoms with E-state index in [4.69, 9.17) is 9.84 Å². The van der Waals surface area contributed by atoms with E-state index in [2.05, 4.69) is 5.32 Å². The van der Waals surface area contributed by atoms with Crippen molar-refractivity contribution in [2.24, 2.45) is 5.92 Å². The first-order chi connectivity index (χ1) is 6.72. The molecule has 2 N–H and O–H groups in total. The minimum absolute atomic E-state index is 0.000278. The summed E-state index contributed by atoms with van der Waals surface area (Å²) in [5.41, 5.74) is 0. The molecule has 1 aliphatic carbocycles. The molecule has 82 valence electrons. The third-order valence-electron chi connectivity index (χ3n) is 2.68. The van der Waals surface area contributed by atoms with Crippen molar-refractivity contribution in [2.45, 2.75) is 38.3 Å². The zero-order valence-electron chi connectivity index (χ0n) is 8.82. The maximum Gasteiger partial charge on any atom is 0.323 e. The fourth-order valence-electron chi connectivity index (χ4n) is 1.51. The summed E-state index contributed by atoms with van der Waals surface area (Å²) in [6.07, 6.45) is 2.97. The SMILES string of the molecule is CCC(CO)NC(C(=O)OC)C1CC1.